The molecule has 98 valence electrons. The van der Waals surface area contributed by atoms with Crippen molar-refractivity contribution in [2.75, 3.05) is 20.2 Å². The van der Waals surface area contributed by atoms with Crippen LogP contribution in [0.25, 0.3) is 0 Å². The minimum atomic E-state index is -0.778. The first kappa shape index (κ1) is 12.9. The van der Waals surface area contributed by atoms with Crippen molar-refractivity contribution in [3.63, 3.8) is 0 Å². The van der Waals surface area contributed by atoms with E-state index in [0.29, 0.717) is 0 Å². The molecule has 0 saturated carbocycles. The molecule has 1 N–H and O–H groups in total. The third-order valence-corrected chi connectivity index (χ3v) is 3.53. The smallest absolute Gasteiger partial charge is 0.320 e. The average Bonchev–Trinajstić information content (AvgIpc) is 2.82. The molecule has 1 aliphatic heterocycles. The number of carbonyl (C=O) groups is 1. The Morgan fingerprint density at radius 2 is 2.33 bits per heavy atom. The Kier molecular flexibility index (Phi) is 3.87. The van der Waals surface area contributed by atoms with Gasteiger partial charge in [0.05, 0.1) is 6.61 Å². The number of hydrogen-bond donors (Lipinski definition) is 1. The van der Waals surface area contributed by atoms with E-state index >= 15 is 0 Å². The summed E-state index contributed by atoms with van der Waals surface area (Å²) < 4.78 is 5.46. The summed E-state index contributed by atoms with van der Waals surface area (Å²) in [6.07, 6.45) is 1.84. The van der Waals surface area contributed by atoms with Gasteiger partial charge in [0.25, 0.3) is 0 Å². The first-order valence-electron chi connectivity index (χ1n) is 6.25. The van der Waals surface area contributed by atoms with E-state index in [1.807, 2.05) is 18.0 Å². The Morgan fingerprint density at radius 3 is 3.06 bits per heavy atom. The van der Waals surface area contributed by atoms with Crippen LogP contribution >= 0.6 is 0 Å². The molecule has 1 aliphatic rings. The van der Waals surface area contributed by atoms with Crippen LogP contribution in [0.2, 0.25) is 0 Å². The summed E-state index contributed by atoms with van der Waals surface area (Å²) in [5.74, 6) is 0.214. The number of hydrogen-bond acceptors (Lipinski definition) is 3. The number of aliphatic carboxylic acids is 1. The van der Waals surface area contributed by atoms with Crippen LogP contribution in [-0.2, 0) is 17.6 Å². The van der Waals surface area contributed by atoms with Gasteiger partial charge >= 0.3 is 5.97 Å². The molecule has 1 unspecified atom stereocenters. The van der Waals surface area contributed by atoms with Gasteiger partial charge in [0, 0.05) is 13.0 Å². The normalized spacial score (nSPS) is 15.3. The van der Waals surface area contributed by atoms with E-state index in [-0.39, 0.29) is 0 Å². The van der Waals surface area contributed by atoms with Crippen molar-refractivity contribution in [2.24, 2.45) is 0 Å². The maximum absolute atomic E-state index is 10.8. The van der Waals surface area contributed by atoms with Crippen molar-refractivity contribution in [1.82, 2.24) is 4.90 Å². The molecule has 2 rings (SSSR count). The molecule has 0 aromatic heterocycles. The predicted molar refractivity (Wildman–Crippen MR) is 69.1 cm³/mol. The molecule has 0 radical (unpaired) electrons. The lowest BCUT2D eigenvalue weighted by Crippen LogP contribution is -2.37. The zero-order chi connectivity index (χ0) is 13.1. The molecule has 1 heterocycles. The van der Waals surface area contributed by atoms with Crippen LogP contribution in [0.3, 0.4) is 0 Å². The summed E-state index contributed by atoms with van der Waals surface area (Å²) >= 11 is 0. The minimum Gasteiger partial charge on any atom is -0.493 e. The van der Waals surface area contributed by atoms with Gasteiger partial charge in [-0.3, -0.25) is 9.69 Å². The molecule has 4 nitrogen and oxygen atoms in total. The highest BCUT2D eigenvalue weighted by Gasteiger charge is 2.17. The number of benzene rings is 1. The van der Waals surface area contributed by atoms with Crippen LogP contribution in [0.5, 0.6) is 5.75 Å². The lowest BCUT2D eigenvalue weighted by atomic mass is 10.1. The van der Waals surface area contributed by atoms with Crippen molar-refractivity contribution in [1.29, 1.82) is 0 Å². The predicted octanol–water partition coefficient (Wildman–Crippen LogP) is 1.57. The second-order valence-corrected chi connectivity index (χ2v) is 4.79. The van der Waals surface area contributed by atoms with Crippen LogP contribution in [0, 0.1) is 0 Å². The van der Waals surface area contributed by atoms with Gasteiger partial charge in [-0.05, 0) is 37.6 Å². The number of ether oxygens (including phenoxy) is 1. The maximum Gasteiger partial charge on any atom is 0.320 e. The van der Waals surface area contributed by atoms with Crippen molar-refractivity contribution in [2.45, 2.75) is 25.8 Å². The highest BCUT2D eigenvalue weighted by molar-refractivity contribution is 5.72. The molecule has 1 aromatic rings. The van der Waals surface area contributed by atoms with Gasteiger partial charge < -0.3 is 9.84 Å². The zero-order valence-electron chi connectivity index (χ0n) is 10.8. The van der Waals surface area contributed by atoms with E-state index in [4.69, 9.17) is 9.84 Å². The summed E-state index contributed by atoms with van der Waals surface area (Å²) in [5.41, 5.74) is 2.50. The molecular weight excluding hydrogens is 230 g/mol. The number of likely N-dealkylation sites (N-methyl/N-ethyl adjacent to an activating group) is 1. The Bertz CT molecular complexity index is 445. The van der Waals surface area contributed by atoms with Gasteiger partial charge in [-0.1, -0.05) is 12.1 Å². The zero-order valence-corrected chi connectivity index (χ0v) is 10.8. The van der Waals surface area contributed by atoms with E-state index < -0.39 is 12.0 Å². The van der Waals surface area contributed by atoms with E-state index in [1.54, 1.807) is 6.92 Å². The van der Waals surface area contributed by atoms with Gasteiger partial charge in [0.1, 0.15) is 11.8 Å². The molecule has 0 spiro atoms. The molecular formula is C14H19NO3. The topological polar surface area (TPSA) is 49.8 Å². The van der Waals surface area contributed by atoms with Gasteiger partial charge in [-0.2, -0.15) is 0 Å². The van der Waals surface area contributed by atoms with Gasteiger partial charge in [-0.15, -0.1) is 0 Å². The van der Waals surface area contributed by atoms with Crippen molar-refractivity contribution >= 4 is 5.97 Å². The highest BCUT2D eigenvalue weighted by atomic mass is 16.5. The number of fused-ring (bicyclic) bond motifs is 1. The Labute approximate surface area is 107 Å². The lowest BCUT2D eigenvalue weighted by molar-refractivity contribution is -0.142. The van der Waals surface area contributed by atoms with Gasteiger partial charge in [0.2, 0.25) is 0 Å². The fourth-order valence-electron chi connectivity index (χ4n) is 2.08. The number of nitrogens with zero attached hydrogens (tertiary/aromatic N) is 1. The fourth-order valence-corrected chi connectivity index (χ4v) is 2.08. The number of rotatable bonds is 5. The van der Waals surface area contributed by atoms with E-state index in [2.05, 4.69) is 12.1 Å². The second kappa shape index (κ2) is 5.40. The SMILES string of the molecule is CC(C(=O)O)N(C)CCc1ccc2c(c1)CCO2. The van der Waals surface area contributed by atoms with Crippen molar-refractivity contribution < 1.29 is 14.6 Å². The summed E-state index contributed by atoms with van der Waals surface area (Å²) in [6, 6.07) is 5.80. The molecule has 4 heteroatoms. The summed E-state index contributed by atoms with van der Waals surface area (Å²) in [7, 11) is 1.84. The van der Waals surface area contributed by atoms with Crippen LogP contribution in [0.1, 0.15) is 18.1 Å². The van der Waals surface area contributed by atoms with Crippen molar-refractivity contribution in [3.05, 3.63) is 29.3 Å². The Balaban J connectivity index is 1.92. The molecule has 1 atom stereocenters. The quantitative estimate of drug-likeness (QED) is 0.860. The fraction of sp³-hybridized carbons (Fsp3) is 0.500. The molecule has 0 aliphatic carbocycles. The molecule has 0 amide bonds. The van der Waals surface area contributed by atoms with E-state index in [9.17, 15) is 4.79 Å². The van der Waals surface area contributed by atoms with Gasteiger partial charge in [-0.25, -0.2) is 0 Å². The monoisotopic (exact) mass is 249 g/mol. The summed E-state index contributed by atoms with van der Waals surface area (Å²) in [5, 5.41) is 8.92. The van der Waals surface area contributed by atoms with Gasteiger partial charge in [0.15, 0.2) is 0 Å². The van der Waals surface area contributed by atoms with Crippen molar-refractivity contribution in [3.8, 4) is 5.75 Å². The average molecular weight is 249 g/mol. The number of carboxylic acid groups (broad SMARTS) is 1. The maximum atomic E-state index is 10.8. The van der Waals surface area contributed by atoms with Crippen LogP contribution in [0.4, 0.5) is 0 Å². The molecule has 1 aromatic carbocycles. The first-order chi connectivity index (χ1) is 8.58. The molecule has 0 bridgehead atoms. The summed E-state index contributed by atoms with van der Waals surface area (Å²) in [6.45, 7) is 3.22. The first-order valence-corrected chi connectivity index (χ1v) is 6.25. The van der Waals surface area contributed by atoms with E-state index in [0.717, 1.165) is 31.7 Å². The Morgan fingerprint density at radius 1 is 1.56 bits per heavy atom. The summed E-state index contributed by atoms with van der Waals surface area (Å²) in [4.78, 5) is 12.7. The van der Waals surface area contributed by atoms with Crippen LogP contribution in [-0.4, -0.2) is 42.2 Å². The highest BCUT2D eigenvalue weighted by Crippen LogP contribution is 2.26. The van der Waals surface area contributed by atoms with E-state index in [1.165, 1.54) is 11.1 Å². The molecule has 0 saturated heterocycles. The van der Waals surface area contributed by atoms with Crippen LogP contribution in [0.15, 0.2) is 18.2 Å². The lowest BCUT2D eigenvalue weighted by Gasteiger charge is -2.20. The molecule has 0 fully saturated rings. The second-order valence-electron chi connectivity index (χ2n) is 4.79. The largest absolute Gasteiger partial charge is 0.493 e. The van der Waals surface area contributed by atoms with Crippen LogP contribution < -0.4 is 4.74 Å². The minimum absolute atomic E-state index is 0.442. The third-order valence-electron chi connectivity index (χ3n) is 3.53. The number of carboxylic acids is 1. The molecule has 18 heavy (non-hydrogen) atoms. The third kappa shape index (κ3) is 2.82. The Hall–Kier alpha value is -1.55. The standard InChI is InChI=1S/C14H19NO3/c1-10(14(16)17)15(2)7-5-11-3-4-13-12(9-11)6-8-18-13/h3-4,9-10H,5-8H2,1-2H3,(H,16,17).